The maximum Gasteiger partial charge on any atom is 0.267 e. The number of nitrogens with zero attached hydrogens (tertiary/aromatic N) is 5. The van der Waals surface area contributed by atoms with E-state index in [9.17, 15) is 4.79 Å². The van der Waals surface area contributed by atoms with Crippen LogP contribution >= 0.6 is 0 Å². The number of aryl methyl sites for hydroxylation is 2. The summed E-state index contributed by atoms with van der Waals surface area (Å²) in [5.74, 6) is 0.694. The summed E-state index contributed by atoms with van der Waals surface area (Å²) in [5.41, 5.74) is 2.99. The number of imidazole rings is 1. The first-order chi connectivity index (χ1) is 13.1. The zero-order valence-electron chi connectivity index (χ0n) is 15.7. The van der Waals surface area contributed by atoms with Crippen LogP contribution in [-0.4, -0.2) is 35.6 Å². The van der Waals surface area contributed by atoms with Crippen LogP contribution in [0.25, 0.3) is 5.82 Å². The number of rotatable bonds is 5. The molecule has 8 nitrogen and oxygen atoms in total. The van der Waals surface area contributed by atoms with Gasteiger partial charge >= 0.3 is 0 Å². The molecule has 0 spiro atoms. The highest BCUT2D eigenvalue weighted by molar-refractivity contribution is 5.24. The van der Waals surface area contributed by atoms with E-state index < -0.39 is 0 Å². The van der Waals surface area contributed by atoms with Crippen LogP contribution in [0.3, 0.4) is 0 Å². The van der Waals surface area contributed by atoms with Gasteiger partial charge in [-0.2, -0.15) is 5.10 Å². The molecule has 0 bridgehead atoms. The second-order valence-corrected chi connectivity index (χ2v) is 7.28. The molecule has 1 fully saturated rings. The highest BCUT2D eigenvalue weighted by atomic mass is 16.1. The van der Waals surface area contributed by atoms with Crippen LogP contribution in [0, 0.1) is 13.8 Å². The predicted octanol–water partition coefficient (Wildman–Crippen LogP) is 2.04. The van der Waals surface area contributed by atoms with E-state index in [0.29, 0.717) is 11.9 Å². The van der Waals surface area contributed by atoms with E-state index in [-0.39, 0.29) is 11.6 Å². The van der Waals surface area contributed by atoms with E-state index in [1.165, 1.54) is 0 Å². The summed E-state index contributed by atoms with van der Waals surface area (Å²) in [6.07, 6.45) is 7.46. The molecule has 0 aliphatic heterocycles. The molecule has 1 aliphatic carbocycles. The number of nitrogens with one attached hydrogen (secondary N) is 2. The maximum absolute atomic E-state index is 12.4. The summed E-state index contributed by atoms with van der Waals surface area (Å²) in [4.78, 5) is 19.5. The van der Waals surface area contributed by atoms with E-state index >= 15 is 0 Å². The summed E-state index contributed by atoms with van der Waals surface area (Å²) in [5, 5.41) is 12.7. The molecule has 1 aliphatic rings. The van der Waals surface area contributed by atoms with Crippen LogP contribution < -0.4 is 10.9 Å². The second kappa shape index (κ2) is 7.48. The molecule has 0 unspecified atom stereocenters. The smallest absolute Gasteiger partial charge is 0.267 e. The molecule has 3 aromatic heterocycles. The van der Waals surface area contributed by atoms with Crippen LogP contribution in [0.4, 0.5) is 0 Å². The minimum absolute atomic E-state index is 0.0471. The Morgan fingerprint density at radius 3 is 2.67 bits per heavy atom. The van der Waals surface area contributed by atoms with E-state index in [4.69, 9.17) is 0 Å². The minimum Gasteiger partial charge on any atom is -0.347 e. The lowest BCUT2D eigenvalue weighted by Crippen LogP contribution is -2.36. The number of aromatic amines is 1. The van der Waals surface area contributed by atoms with E-state index in [0.717, 1.165) is 49.3 Å². The van der Waals surface area contributed by atoms with Crippen molar-refractivity contribution in [2.24, 2.45) is 0 Å². The Balaban J connectivity index is 1.44. The van der Waals surface area contributed by atoms with Gasteiger partial charge in [0.05, 0.1) is 18.1 Å². The van der Waals surface area contributed by atoms with Crippen molar-refractivity contribution in [2.75, 3.05) is 0 Å². The van der Waals surface area contributed by atoms with Gasteiger partial charge in [-0.1, -0.05) is 0 Å². The van der Waals surface area contributed by atoms with Crippen LogP contribution in [0.5, 0.6) is 0 Å². The molecule has 142 valence electrons. The molecule has 27 heavy (non-hydrogen) atoms. The zero-order chi connectivity index (χ0) is 18.8. The van der Waals surface area contributed by atoms with Crippen molar-refractivity contribution in [2.45, 2.75) is 58.2 Å². The normalized spacial score (nSPS) is 20.1. The summed E-state index contributed by atoms with van der Waals surface area (Å²) < 4.78 is 3.44. The molecule has 0 radical (unpaired) electrons. The fraction of sp³-hybridized carbons (Fsp3) is 0.474. The van der Waals surface area contributed by atoms with Crippen molar-refractivity contribution in [1.82, 2.24) is 34.8 Å². The van der Waals surface area contributed by atoms with Crippen molar-refractivity contribution < 1.29 is 0 Å². The van der Waals surface area contributed by atoms with Gasteiger partial charge in [-0.25, -0.2) is 14.3 Å². The molecule has 8 heteroatoms. The lowest BCUT2D eigenvalue weighted by atomic mass is 9.91. The fourth-order valence-electron chi connectivity index (χ4n) is 3.81. The van der Waals surface area contributed by atoms with Crippen molar-refractivity contribution in [3.63, 3.8) is 0 Å². The molecular weight excluding hydrogens is 342 g/mol. The van der Waals surface area contributed by atoms with Gasteiger partial charge in [-0.05, 0) is 51.7 Å². The third kappa shape index (κ3) is 3.85. The van der Waals surface area contributed by atoms with Gasteiger partial charge in [0.25, 0.3) is 5.56 Å². The molecule has 0 saturated heterocycles. The van der Waals surface area contributed by atoms with E-state index in [2.05, 4.69) is 25.5 Å². The number of H-pyrrole nitrogens is 1. The molecular formula is C19H25N7O. The zero-order valence-corrected chi connectivity index (χ0v) is 15.7. The summed E-state index contributed by atoms with van der Waals surface area (Å²) >= 11 is 0. The number of hydrogen-bond acceptors (Lipinski definition) is 5. The highest BCUT2D eigenvalue weighted by Crippen LogP contribution is 2.27. The monoisotopic (exact) mass is 367 g/mol. The average molecular weight is 367 g/mol. The average Bonchev–Trinajstić information content (AvgIpc) is 3.30. The standard InChI is InChI=1S/C19H25N7O/c1-13-9-14(2)25(23-13)18-7-8-19(27)26(24-18)17-5-3-15(4-6-17)21-11-16-10-20-12-22-16/h7-10,12,15,17,21H,3-6,11H2,1-2H3,(H,20,22). The van der Waals surface area contributed by atoms with Crippen LogP contribution in [-0.2, 0) is 6.54 Å². The molecule has 4 rings (SSSR count). The highest BCUT2D eigenvalue weighted by Gasteiger charge is 2.24. The van der Waals surface area contributed by atoms with Gasteiger partial charge in [-0.3, -0.25) is 4.79 Å². The Labute approximate surface area is 157 Å². The van der Waals surface area contributed by atoms with Gasteiger partial charge in [0.1, 0.15) is 0 Å². The Hall–Kier alpha value is -2.74. The minimum atomic E-state index is -0.0471. The van der Waals surface area contributed by atoms with Crippen molar-refractivity contribution in [3.8, 4) is 5.82 Å². The summed E-state index contributed by atoms with van der Waals surface area (Å²) in [6, 6.07) is 5.95. The van der Waals surface area contributed by atoms with Crippen molar-refractivity contribution in [1.29, 1.82) is 0 Å². The predicted molar refractivity (Wildman–Crippen MR) is 102 cm³/mol. The Morgan fingerprint density at radius 1 is 1.19 bits per heavy atom. The largest absolute Gasteiger partial charge is 0.347 e. The van der Waals surface area contributed by atoms with Gasteiger partial charge in [0.2, 0.25) is 0 Å². The van der Waals surface area contributed by atoms with Crippen LogP contribution in [0.15, 0.2) is 35.5 Å². The van der Waals surface area contributed by atoms with E-state index in [1.54, 1.807) is 27.8 Å². The molecule has 1 saturated carbocycles. The molecule has 2 N–H and O–H groups in total. The molecule has 0 aromatic carbocycles. The van der Waals surface area contributed by atoms with Gasteiger partial charge < -0.3 is 10.3 Å². The lowest BCUT2D eigenvalue weighted by Gasteiger charge is -2.29. The lowest BCUT2D eigenvalue weighted by molar-refractivity contribution is 0.267. The SMILES string of the molecule is Cc1cc(C)n(-c2ccc(=O)n(C3CCC(NCc4cnc[nH]4)CC3)n2)n1. The number of aromatic nitrogens is 6. The van der Waals surface area contributed by atoms with Gasteiger partial charge in [-0.15, -0.1) is 5.10 Å². The maximum atomic E-state index is 12.4. The third-order valence-electron chi connectivity index (χ3n) is 5.22. The Bertz CT molecular complexity index is 949. The van der Waals surface area contributed by atoms with Gasteiger partial charge in [0.15, 0.2) is 5.82 Å². The Kier molecular flexibility index (Phi) is 4.89. The van der Waals surface area contributed by atoms with Crippen LogP contribution in [0.2, 0.25) is 0 Å². The van der Waals surface area contributed by atoms with Crippen LogP contribution in [0.1, 0.15) is 48.8 Å². The first-order valence-corrected chi connectivity index (χ1v) is 9.44. The summed E-state index contributed by atoms with van der Waals surface area (Å²) in [6.45, 7) is 4.74. The molecule has 0 atom stereocenters. The van der Waals surface area contributed by atoms with E-state index in [1.807, 2.05) is 26.1 Å². The molecule has 3 aromatic rings. The fourth-order valence-corrected chi connectivity index (χ4v) is 3.81. The quantitative estimate of drug-likeness (QED) is 0.720. The first-order valence-electron chi connectivity index (χ1n) is 9.44. The summed E-state index contributed by atoms with van der Waals surface area (Å²) in [7, 11) is 0. The second-order valence-electron chi connectivity index (χ2n) is 7.28. The topological polar surface area (TPSA) is 93.4 Å². The third-order valence-corrected chi connectivity index (χ3v) is 5.22. The van der Waals surface area contributed by atoms with Crippen molar-refractivity contribution in [3.05, 3.63) is 58.2 Å². The van der Waals surface area contributed by atoms with Gasteiger partial charge in [0, 0.05) is 36.2 Å². The molecule has 3 heterocycles. The van der Waals surface area contributed by atoms with Crippen molar-refractivity contribution >= 4 is 0 Å². The molecule has 0 amide bonds. The Morgan fingerprint density at radius 2 is 2.00 bits per heavy atom. The number of hydrogen-bond donors (Lipinski definition) is 2. The first kappa shape index (κ1) is 17.7.